The summed E-state index contributed by atoms with van der Waals surface area (Å²) in [6.07, 6.45) is 0.531. The van der Waals surface area contributed by atoms with E-state index in [1.54, 1.807) is 0 Å². The smallest absolute Gasteiger partial charge is 0.265 e. The minimum absolute atomic E-state index is 0.314. The molecule has 78 valence electrons. The maximum absolute atomic E-state index is 10.5. The van der Waals surface area contributed by atoms with Gasteiger partial charge in [-0.15, -0.1) is 0 Å². The van der Waals surface area contributed by atoms with Gasteiger partial charge in [0.05, 0.1) is 5.75 Å². The minimum atomic E-state index is -3.92. The molecule has 1 aromatic carbocycles. The van der Waals surface area contributed by atoms with Crippen molar-refractivity contribution in [2.24, 2.45) is 0 Å². The Morgan fingerprint density at radius 2 is 1.86 bits per heavy atom. The SMILES string of the molecule is O=S(=O)(O)CC(S)Cc1ccccc1. The topological polar surface area (TPSA) is 54.4 Å². The van der Waals surface area contributed by atoms with Gasteiger partial charge in [0.25, 0.3) is 10.1 Å². The molecule has 1 rings (SSSR count). The maximum Gasteiger partial charge on any atom is 0.265 e. The molecule has 1 atom stereocenters. The van der Waals surface area contributed by atoms with Crippen molar-refractivity contribution >= 4 is 22.7 Å². The number of hydrogen-bond donors (Lipinski definition) is 2. The van der Waals surface area contributed by atoms with Crippen LogP contribution < -0.4 is 0 Å². The second-order valence-electron chi connectivity index (χ2n) is 3.09. The molecule has 0 fully saturated rings. The molecule has 0 saturated carbocycles. The first-order valence-electron chi connectivity index (χ1n) is 4.14. The second-order valence-corrected chi connectivity index (χ2v) is 5.32. The normalized spacial score (nSPS) is 13.9. The summed E-state index contributed by atoms with van der Waals surface area (Å²) in [4.78, 5) is 0. The van der Waals surface area contributed by atoms with Crippen molar-refractivity contribution < 1.29 is 13.0 Å². The van der Waals surface area contributed by atoms with Gasteiger partial charge in [0.2, 0.25) is 0 Å². The lowest BCUT2D eigenvalue weighted by Crippen LogP contribution is -2.17. The molecule has 0 saturated heterocycles. The molecule has 1 aromatic rings. The van der Waals surface area contributed by atoms with E-state index < -0.39 is 10.1 Å². The summed E-state index contributed by atoms with van der Waals surface area (Å²) in [5.74, 6) is -0.314. The van der Waals surface area contributed by atoms with Gasteiger partial charge in [-0.3, -0.25) is 4.55 Å². The highest BCUT2D eigenvalue weighted by Crippen LogP contribution is 2.09. The highest BCUT2D eigenvalue weighted by molar-refractivity contribution is 7.88. The zero-order valence-electron chi connectivity index (χ0n) is 7.50. The van der Waals surface area contributed by atoms with Crippen LogP contribution in [-0.4, -0.2) is 24.0 Å². The molecule has 0 spiro atoms. The van der Waals surface area contributed by atoms with Gasteiger partial charge in [-0.05, 0) is 12.0 Å². The predicted molar refractivity (Wildman–Crippen MR) is 59.3 cm³/mol. The summed E-state index contributed by atoms with van der Waals surface area (Å²) in [6.45, 7) is 0. The van der Waals surface area contributed by atoms with Gasteiger partial charge in [-0.25, -0.2) is 0 Å². The van der Waals surface area contributed by atoms with Crippen LogP contribution >= 0.6 is 12.6 Å². The van der Waals surface area contributed by atoms with Crippen LogP contribution in [0.15, 0.2) is 30.3 Å². The Hall–Kier alpha value is -0.520. The molecule has 0 heterocycles. The summed E-state index contributed by atoms with van der Waals surface area (Å²) >= 11 is 4.10. The van der Waals surface area contributed by atoms with Crippen LogP contribution in [0.1, 0.15) is 5.56 Å². The van der Waals surface area contributed by atoms with Crippen molar-refractivity contribution in [3.8, 4) is 0 Å². The Labute approximate surface area is 89.3 Å². The molecular weight excluding hydrogens is 220 g/mol. The molecule has 1 N–H and O–H groups in total. The zero-order chi connectivity index (χ0) is 10.6. The third-order valence-corrected chi connectivity index (χ3v) is 3.15. The lowest BCUT2D eigenvalue weighted by molar-refractivity contribution is 0.482. The van der Waals surface area contributed by atoms with Crippen LogP contribution in [0.2, 0.25) is 0 Å². The van der Waals surface area contributed by atoms with Crippen molar-refractivity contribution in [3.05, 3.63) is 35.9 Å². The molecule has 0 aliphatic rings. The number of hydrogen-bond acceptors (Lipinski definition) is 3. The molecule has 1 unspecified atom stereocenters. The fraction of sp³-hybridized carbons (Fsp3) is 0.333. The Balaban J connectivity index is 2.54. The first-order chi connectivity index (χ1) is 6.47. The van der Waals surface area contributed by atoms with Gasteiger partial charge in [0, 0.05) is 5.25 Å². The van der Waals surface area contributed by atoms with E-state index in [2.05, 4.69) is 12.6 Å². The van der Waals surface area contributed by atoms with Crippen LogP contribution in [-0.2, 0) is 16.5 Å². The summed E-state index contributed by atoms with van der Waals surface area (Å²) in [5, 5.41) is -0.368. The van der Waals surface area contributed by atoms with Gasteiger partial charge in [0.1, 0.15) is 0 Å². The number of rotatable bonds is 4. The Kier molecular flexibility index (Phi) is 3.97. The van der Waals surface area contributed by atoms with Gasteiger partial charge in [-0.1, -0.05) is 30.3 Å². The lowest BCUT2D eigenvalue weighted by atomic mass is 10.1. The van der Waals surface area contributed by atoms with E-state index in [-0.39, 0.29) is 11.0 Å². The number of thiol groups is 1. The fourth-order valence-electron chi connectivity index (χ4n) is 1.19. The predicted octanol–water partition coefficient (Wildman–Crippen LogP) is 1.42. The molecule has 0 aliphatic carbocycles. The Bertz CT molecular complexity index is 372. The monoisotopic (exact) mass is 232 g/mol. The first kappa shape index (κ1) is 11.6. The molecule has 14 heavy (non-hydrogen) atoms. The first-order valence-corrected chi connectivity index (χ1v) is 6.27. The molecule has 0 aliphatic heterocycles. The molecular formula is C9H12O3S2. The van der Waals surface area contributed by atoms with Crippen molar-refractivity contribution in [1.29, 1.82) is 0 Å². The molecule has 0 aromatic heterocycles. The molecule has 0 amide bonds. The maximum atomic E-state index is 10.5. The van der Waals surface area contributed by atoms with Gasteiger partial charge < -0.3 is 0 Å². The van der Waals surface area contributed by atoms with Crippen LogP contribution in [0.25, 0.3) is 0 Å². The largest absolute Gasteiger partial charge is 0.286 e. The molecule has 0 bridgehead atoms. The Morgan fingerprint density at radius 3 is 2.36 bits per heavy atom. The van der Waals surface area contributed by atoms with Gasteiger partial charge in [-0.2, -0.15) is 21.0 Å². The summed E-state index contributed by atoms with van der Waals surface area (Å²) in [5.41, 5.74) is 1.01. The number of benzene rings is 1. The molecule has 5 heteroatoms. The average molecular weight is 232 g/mol. The van der Waals surface area contributed by atoms with Crippen LogP contribution in [0, 0.1) is 0 Å². The van der Waals surface area contributed by atoms with Crippen molar-refractivity contribution in [3.63, 3.8) is 0 Å². The average Bonchev–Trinajstić information content (AvgIpc) is 2.02. The highest BCUT2D eigenvalue weighted by atomic mass is 32.2. The van der Waals surface area contributed by atoms with E-state index in [0.29, 0.717) is 6.42 Å². The van der Waals surface area contributed by atoms with Crippen molar-refractivity contribution in [2.45, 2.75) is 11.7 Å². The minimum Gasteiger partial charge on any atom is -0.286 e. The van der Waals surface area contributed by atoms with Crippen LogP contribution in [0.5, 0.6) is 0 Å². The van der Waals surface area contributed by atoms with Crippen molar-refractivity contribution in [2.75, 3.05) is 5.75 Å². The van der Waals surface area contributed by atoms with E-state index in [1.807, 2.05) is 30.3 Å². The zero-order valence-corrected chi connectivity index (χ0v) is 9.21. The third kappa shape index (κ3) is 4.64. The Morgan fingerprint density at radius 1 is 1.29 bits per heavy atom. The van der Waals surface area contributed by atoms with E-state index in [0.717, 1.165) is 5.56 Å². The molecule has 0 radical (unpaired) electrons. The third-order valence-electron chi connectivity index (χ3n) is 1.72. The second kappa shape index (κ2) is 4.82. The molecule has 3 nitrogen and oxygen atoms in total. The van der Waals surface area contributed by atoms with Gasteiger partial charge >= 0.3 is 0 Å². The van der Waals surface area contributed by atoms with E-state index in [4.69, 9.17) is 4.55 Å². The highest BCUT2D eigenvalue weighted by Gasteiger charge is 2.13. The summed E-state index contributed by atoms with van der Waals surface area (Å²) in [6, 6.07) is 9.44. The fourth-order valence-corrected chi connectivity index (χ4v) is 2.57. The summed E-state index contributed by atoms with van der Waals surface area (Å²) in [7, 11) is -3.92. The quantitative estimate of drug-likeness (QED) is 0.609. The van der Waals surface area contributed by atoms with Crippen molar-refractivity contribution in [1.82, 2.24) is 0 Å². The van der Waals surface area contributed by atoms with Gasteiger partial charge in [0.15, 0.2) is 0 Å². The standard InChI is InChI=1S/C9H12O3S2/c10-14(11,12)7-9(13)6-8-4-2-1-3-5-8/h1-5,9,13H,6-7H2,(H,10,11,12). The van der Waals surface area contributed by atoms with Crippen LogP contribution in [0.3, 0.4) is 0 Å². The lowest BCUT2D eigenvalue weighted by Gasteiger charge is -2.07. The van der Waals surface area contributed by atoms with Crippen LogP contribution in [0.4, 0.5) is 0 Å². The van der Waals surface area contributed by atoms with E-state index in [9.17, 15) is 8.42 Å². The van der Waals surface area contributed by atoms with E-state index >= 15 is 0 Å². The van der Waals surface area contributed by atoms with E-state index in [1.165, 1.54) is 0 Å². The summed E-state index contributed by atoms with van der Waals surface area (Å²) < 4.78 is 29.7.